The summed E-state index contributed by atoms with van der Waals surface area (Å²) >= 11 is 0. The highest BCUT2D eigenvalue weighted by Gasteiger charge is 2.12. The van der Waals surface area contributed by atoms with E-state index in [1.165, 1.54) is 31.2 Å². The van der Waals surface area contributed by atoms with E-state index < -0.39 is 0 Å². The maximum Gasteiger partial charge on any atom is 0.291 e. The first kappa shape index (κ1) is 12.8. The molecule has 0 aliphatic carbocycles. The summed E-state index contributed by atoms with van der Waals surface area (Å²) in [6, 6.07) is 11.3. The van der Waals surface area contributed by atoms with Gasteiger partial charge >= 0.3 is 0 Å². The SMILES string of the molecule is O=C(Nc1cccc(N2CCCCC2)c1)c1ccco1. The second kappa shape index (κ2) is 5.82. The van der Waals surface area contributed by atoms with Gasteiger partial charge in [-0.25, -0.2) is 0 Å². The van der Waals surface area contributed by atoms with Crippen molar-refractivity contribution in [1.82, 2.24) is 0 Å². The van der Waals surface area contributed by atoms with Gasteiger partial charge in [0.2, 0.25) is 0 Å². The molecule has 1 amide bonds. The minimum absolute atomic E-state index is 0.217. The number of carbonyl (C=O) groups is 1. The third-order valence-electron chi connectivity index (χ3n) is 3.57. The molecule has 1 fully saturated rings. The van der Waals surface area contributed by atoms with Gasteiger partial charge in [0.1, 0.15) is 0 Å². The average Bonchev–Trinajstić information content (AvgIpc) is 3.03. The highest BCUT2D eigenvalue weighted by molar-refractivity contribution is 6.02. The number of nitrogens with zero attached hydrogens (tertiary/aromatic N) is 1. The van der Waals surface area contributed by atoms with Gasteiger partial charge in [0, 0.05) is 24.5 Å². The molecule has 4 heteroatoms. The molecule has 0 radical (unpaired) electrons. The molecule has 1 aliphatic rings. The van der Waals surface area contributed by atoms with Crippen molar-refractivity contribution in [2.24, 2.45) is 0 Å². The molecule has 104 valence electrons. The normalized spacial score (nSPS) is 15.1. The van der Waals surface area contributed by atoms with Gasteiger partial charge < -0.3 is 14.6 Å². The molecule has 4 nitrogen and oxygen atoms in total. The Balaban J connectivity index is 1.72. The zero-order valence-corrected chi connectivity index (χ0v) is 11.3. The number of piperidine rings is 1. The van der Waals surface area contributed by atoms with Crippen molar-refractivity contribution < 1.29 is 9.21 Å². The van der Waals surface area contributed by atoms with Gasteiger partial charge in [0.05, 0.1) is 6.26 Å². The molecular formula is C16H18N2O2. The minimum atomic E-state index is -0.217. The lowest BCUT2D eigenvalue weighted by Gasteiger charge is -2.29. The Kier molecular flexibility index (Phi) is 3.72. The quantitative estimate of drug-likeness (QED) is 0.928. The van der Waals surface area contributed by atoms with Crippen molar-refractivity contribution in [3.63, 3.8) is 0 Å². The summed E-state index contributed by atoms with van der Waals surface area (Å²) in [6.07, 6.45) is 5.29. The Morgan fingerprint density at radius 1 is 1.10 bits per heavy atom. The fourth-order valence-corrected chi connectivity index (χ4v) is 2.53. The van der Waals surface area contributed by atoms with E-state index in [0.717, 1.165) is 18.8 Å². The Bertz CT molecular complexity index is 572. The molecule has 0 unspecified atom stereocenters. The van der Waals surface area contributed by atoms with Crippen molar-refractivity contribution >= 4 is 17.3 Å². The molecule has 0 atom stereocenters. The molecule has 1 aromatic heterocycles. The van der Waals surface area contributed by atoms with Gasteiger partial charge in [-0.3, -0.25) is 4.79 Å². The van der Waals surface area contributed by atoms with Crippen LogP contribution in [0.2, 0.25) is 0 Å². The van der Waals surface area contributed by atoms with E-state index in [4.69, 9.17) is 4.42 Å². The third-order valence-corrected chi connectivity index (χ3v) is 3.57. The molecule has 2 heterocycles. The van der Waals surface area contributed by atoms with Gasteiger partial charge in [-0.15, -0.1) is 0 Å². The first-order chi connectivity index (χ1) is 9.83. The fraction of sp³-hybridized carbons (Fsp3) is 0.312. The van der Waals surface area contributed by atoms with Crippen LogP contribution in [0.4, 0.5) is 11.4 Å². The van der Waals surface area contributed by atoms with E-state index in [1.807, 2.05) is 18.2 Å². The predicted octanol–water partition coefficient (Wildman–Crippen LogP) is 3.52. The number of carbonyl (C=O) groups excluding carboxylic acids is 1. The van der Waals surface area contributed by atoms with Gasteiger partial charge in [-0.2, -0.15) is 0 Å². The average molecular weight is 270 g/mol. The maximum atomic E-state index is 11.9. The summed E-state index contributed by atoms with van der Waals surface area (Å²) in [5.41, 5.74) is 1.97. The predicted molar refractivity (Wildman–Crippen MR) is 79.2 cm³/mol. The summed E-state index contributed by atoms with van der Waals surface area (Å²) in [7, 11) is 0. The smallest absolute Gasteiger partial charge is 0.291 e. The summed E-state index contributed by atoms with van der Waals surface area (Å²) in [4.78, 5) is 14.3. The van der Waals surface area contributed by atoms with Gasteiger partial charge in [-0.05, 0) is 49.6 Å². The van der Waals surface area contributed by atoms with Crippen LogP contribution in [0.5, 0.6) is 0 Å². The van der Waals surface area contributed by atoms with E-state index in [1.54, 1.807) is 12.1 Å². The molecule has 2 aromatic rings. The highest BCUT2D eigenvalue weighted by Crippen LogP contribution is 2.23. The van der Waals surface area contributed by atoms with Crippen LogP contribution in [0, 0.1) is 0 Å². The molecule has 0 spiro atoms. The van der Waals surface area contributed by atoms with E-state index in [-0.39, 0.29) is 5.91 Å². The zero-order valence-electron chi connectivity index (χ0n) is 11.3. The Morgan fingerprint density at radius 2 is 1.95 bits per heavy atom. The van der Waals surface area contributed by atoms with Crippen LogP contribution in [0.15, 0.2) is 47.1 Å². The van der Waals surface area contributed by atoms with Crippen molar-refractivity contribution in [1.29, 1.82) is 0 Å². The van der Waals surface area contributed by atoms with Gasteiger partial charge in [0.15, 0.2) is 5.76 Å². The lowest BCUT2D eigenvalue weighted by molar-refractivity contribution is 0.0996. The molecule has 3 rings (SSSR count). The topological polar surface area (TPSA) is 45.5 Å². The Hall–Kier alpha value is -2.23. The number of nitrogens with one attached hydrogen (secondary N) is 1. The molecule has 0 bridgehead atoms. The molecule has 1 aliphatic heterocycles. The summed E-state index contributed by atoms with van der Waals surface area (Å²) in [6.45, 7) is 2.19. The number of anilines is 2. The number of hydrogen-bond acceptors (Lipinski definition) is 3. The number of amides is 1. The van der Waals surface area contributed by atoms with Crippen LogP contribution < -0.4 is 10.2 Å². The lowest BCUT2D eigenvalue weighted by Crippen LogP contribution is -2.29. The van der Waals surface area contributed by atoms with E-state index in [9.17, 15) is 4.79 Å². The lowest BCUT2D eigenvalue weighted by atomic mass is 10.1. The minimum Gasteiger partial charge on any atom is -0.459 e. The fourth-order valence-electron chi connectivity index (χ4n) is 2.53. The number of hydrogen-bond donors (Lipinski definition) is 1. The molecule has 1 saturated heterocycles. The number of benzene rings is 1. The summed E-state index contributed by atoms with van der Waals surface area (Å²) < 4.78 is 5.09. The Labute approximate surface area is 118 Å². The van der Waals surface area contributed by atoms with E-state index in [2.05, 4.69) is 16.3 Å². The standard InChI is InChI=1S/C16H18N2O2/c19-16(15-8-5-11-20-15)17-13-6-4-7-14(12-13)18-9-2-1-3-10-18/h4-8,11-12H,1-3,9-10H2,(H,17,19). The molecule has 1 aromatic carbocycles. The third kappa shape index (κ3) is 2.85. The van der Waals surface area contributed by atoms with Crippen LogP contribution in [-0.2, 0) is 0 Å². The van der Waals surface area contributed by atoms with Crippen LogP contribution in [-0.4, -0.2) is 19.0 Å². The summed E-state index contributed by atoms with van der Waals surface area (Å²) in [5, 5.41) is 2.86. The van der Waals surface area contributed by atoms with Crippen molar-refractivity contribution in [3.8, 4) is 0 Å². The largest absolute Gasteiger partial charge is 0.459 e. The molecular weight excluding hydrogens is 252 g/mol. The van der Waals surface area contributed by atoms with Gasteiger partial charge in [0.25, 0.3) is 5.91 Å². The second-order valence-corrected chi connectivity index (χ2v) is 5.03. The number of furan rings is 1. The Morgan fingerprint density at radius 3 is 2.70 bits per heavy atom. The molecule has 0 saturated carbocycles. The maximum absolute atomic E-state index is 11.9. The summed E-state index contributed by atoms with van der Waals surface area (Å²) in [5.74, 6) is 0.110. The second-order valence-electron chi connectivity index (χ2n) is 5.03. The molecule has 20 heavy (non-hydrogen) atoms. The van der Waals surface area contributed by atoms with Crippen molar-refractivity contribution in [2.75, 3.05) is 23.3 Å². The monoisotopic (exact) mass is 270 g/mol. The van der Waals surface area contributed by atoms with Crippen molar-refractivity contribution in [2.45, 2.75) is 19.3 Å². The van der Waals surface area contributed by atoms with Crippen molar-refractivity contribution in [3.05, 3.63) is 48.4 Å². The van der Waals surface area contributed by atoms with Crippen LogP contribution in [0.25, 0.3) is 0 Å². The number of rotatable bonds is 3. The first-order valence-electron chi connectivity index (χ1n) is 7.03. The van der Waals surface area contributed by atoms with Gasteiger partial charge in [-0.1, -0.05) is 6.07 Å². The van der Waals surface area contributed by atoms with Crippen LogP contribution in [0.3, 0.4) is 0 Å². The first-order valence-corrected chi connectivity index (χ1v) is 7.03. The van der Waals surface area contributed by atoms with Crippen LogP contribution >= 0.6 is 0 Å². The van der Waals surface area contributed by atoms with E-state index in [0.29, 0.717) is 5.76 Å². The van der Waals surface area contributed by atoms with E-state index >= 15 is 0 Å². The highest BCUT2D eigenvalue weighted by atomic mass is 16.3. The molecule has 1 N–H and O–H groups in total. The zero-order chi connectivity index (χ0) is 13.8. The van der Waals surface area contributed by atoms with Crippen LogP contribution in [0.1, 0.15) is 29.8 Å².